The summed E-state index contributed by atoms with van der Waals surface area (Å²) in [7, 11) is 0. The molecule has 0 spiro atoms. The first kappa shape index (κ1) is 14.6. The van der Waals surface area contributed by atoms with Crippen molar-refractivity contribution in [1.82, 2.24) is 5.32 Å². The molecule has 1 amide bonds. The molecule has 0 fully saturated rings. The third kappa shape index (κ3) is 7.96. The second-order valence-corrected chi connectivity index (χ2v) is 3.23. The van der Waals surface area contributed by atoms with Crippen molar-refractivity contribution in [3.63, 3.8) is 0 Å². The van der Waals surface area contributed by atoms with Crippen molar-refractivity contribution in [2.75, 3.05) is 13.2 Å². The summed E-state index contributed by atoms with van der Waals surface area (Å²) in [6.45, 7) is 4.18. The third-order valence-corrected chi connectivity index (χ3v) is 1.88. The fraction of sp³-hybridized carbons (Fsp3) is 0.417. The highest BCUT2D eigenvalue weighted by molar-refractivity contribution is 5.78. The molecule has 0 rings (SSSR count). The molecule has 0 heterocycles. The van der Waals surface area contributed by atoms with Crippen LogP contribution in [0.4, 0.5) is 0 Å². The molecule has 0 unspecified atom stereocenters. The molecule has 0 aliphatic carbocycles. The Kier molecular flexibility index (Phi) is 9.26. The highest BCUT2D eigenvalue weighted by atomic mass is 16.2. The molecule has 0 bridgehead atoms. The molecule has 0 radical (unpaired) electrons. The molecule has 0 atom stereocenters. The minimum atomic E-state index is -0.0444. The molecule has 0 aromatic carbocycles. The average Bonchev–Trinajstić information content (AvgIpc) is 2.28. The van der Waals surface area contributed by atoms with Gasteiger partial charge in [-0.3, -0.25) is 4.79 Å². The summed E-state index contributed by atoms with van der Waals surface area (Å²) < 4.78 is 0. The molecule has 4 N–H and O–H groups in total. The summed E-state index contributed by atoms with van der Waals surface area (Å²) in [5.74, 6) is -0.0444. The number of hydrogen-bond donors (Lipinski definition) is 3. The zero-order chi connectivity index (χ0) is 12.2. The first-order chi connectivity index (χ1) is 7.74. The maximum atomic E-state index is 11.4. The minimum Gasteiger partial charge on any atom is -0.392 e. The summed E-state index contributed by atoms with van der Waals surface area (Å²) in [4.78, 5) is 11.4. The van der Waals surface area contributed by atoms with Crippen molar-refractivity contribution < 1.29 is 9.90 Å². The molecule has 0 aliphatic rings. The molecule has 90 valence electrons. The van der Waals surface area contributed by atoms with E-state index in [9.17, 15) is 4.79 Å². The van der Waals surface area contributed by atoms with Crippen LogP contribution < -0.4 is 11.1 Å². The normalized spacial score (nSPS) is 11.8. The molecule has 0 aliphatic heterocycles. The largest absolute Gasteiger partial charge is 0.392 e. The Balaban J connectivity index is 4.01. The van der Waals surface area contributed by atoms with Gasteiger partial charge >= 0.3 is 0 Å². The van der Waals surface area contributed by atoms with Crippen molar-refractivity contribution in [2.45, 2.75) is 19.3 Å². The monoisotopic (exact) mass is 224 g/mol. The molecular formula is C12H20N2O2. The smallest absolute Gasteiger partial charge is 0.224 e. The van der Waals surface area contributed by atoms with Crippen LogP contribution in [0, 0.1) is 0 Å². The Labute approximate surface area is 96.5 Å². The highest BCUT2D eigenvalue weighted by Gasteiger charge is 2.00. The van der Waals surface area contributed by atoms with Crippen LogP contribution in [0.1, 0.15) is 19.3 Å². The Morgan fingerprint density at radius 1 is 1.44 bits per heavy atom. The minimum absolute atomic E-state index is 0.0225. The lowest BCUT2D eigenvalue weighted by atomic mass is 10.2. The lowest BCUT2D eigenvalue weighted by molar-refractivity contribution is -0.120. The molecule has 0 saturated carbocycles. The second kappa shape index (κ2) is 10.1. The number of allylic oxidation sites excluding steroid dienone is 3. The van der Waals surface area contributed by atoms with Gasteiger partial charge in [0.25, 0.3) is 0 Å². The van der Waals surface area contributed by atoms with E-state index in [0.717, 1.165) is 12.8 Å². The molecule has 0 saturated heterocycles. The van der Waals surface area contributed by atoms with Crippen molar-refractivity contribution in [1.29, 1.82) is 0 Å². The Morgan fingerprint density at radius 2 is 2.19 bits per heavy atom. The van der Waals surface area contributed by atoms with Gasteiger partial charge in [0.05, 0.1) is 6.61 Å². The molecule has 0 aromatic rings. The van der Waals surface area contributed by atoms with Crippen LogP contribution >= 0.6 is 0 Å². The van der Waals surface area contributed by atoms with E-state index in [1.165, 1.54) is 0 Å². The summed E-state index contributed by atoms with van der Waals surface area (Å²) in [5, 5.41) is 11.3. The lowest BCUT2D eigenvalue weighted by Crippen LogP contribution is -2.21. The first-order valence-corrected chi connectivity index (χ1v) is 5.34. The van der Waals surface area contributed by atoms with Gasteiger partial charge in [-0.2, -0.15) is 0 Å². The average molecular weight is 224 g/mol. The third-order valence-electron chi connectivity index (χ3n) is 1.88. The van der Waals surface area contributed by atoms with Crippen LogP contribution in [-0.2, 0) is 4.79 Å². The van der Waals surface area contributed by atoms with E-state index >= 15 is 0 Å². The zero-order valence-electron chi connectivity index (χ0n) is 9.48. The number of carbonyl (C=O) groups excluding carboxylic acids is 1. The topological polar surface area (TPSA) is 75.3 Å². The van der Waals surface area contributed by atoms with Crippen LogP contribution in [-0.4, -0.2) is 24.2 Å². The Morgan fingerprint density at radius 3 is 2.75 bits per heavy atom. The Bertz CT molecular complexity index is 270. The number of aliphatic hydroxyl groups is 1. The number of hydrogen-bond acceptors (Lipinski definition) is 3. The highest BCUT2D eigenvalue weighted by Crippen LogP contribution is 1.97. The van der Waals surface area contributed by atoms with Crippen LogP contribution in [0.2, 0.25) is 0 Å². The van der Waals surface area contributed by atoms with Crippen LogP contribution in [0.25, 0.3) is 0 Å². The van der Waals surface area contributed by atoms with Crippen molar-refractivity contribution in [3.05, 3.63) is 36.6 Å². The van der Waals surface area contributed by atoms with E-state index in [4.69, 9.17) is 10.8 Å². The number of unbranched alkanes of at least 4 members (excludes halogenated alkanes) is 1. The van der Waals surface area contributed by atoms with Crippen LogP contribution in [0.3, 0.4) is 0 Å². The van der Waals surface area contributed by atoms with E-state index < -0.39 is 0 Å². The van der Waals surface area contributed by atoms with Crippen LogP contribution in [0.15, 0.2) is 36.6 Å². The van der Waals surface area contributed by atoms with E-state index in [1.54, 1.807) is 24.3 Å². The molecule has 4 heteroatoms. The molecule has 16 heavy (non-hydrogen) atoms. The van der Waals surface area contributed by atoms with E-state index in [0.29, 0.717) is 18.7 Å². The predicted octanol–water partition coefficient (Wildman–Crippen LogP) is 0.850. The number of amides is 1. The molecular weight excluding hydrogens is 204 g/mol. The number of nitrogens with two attached hydrogens (primary N) is 1. The van der Waals surface area contributed by atoms with Gasteiger partial charge in [-0.1, -0.05) is 18.7 Å². The summed E-state index contributed by atoms with van der Waals surface area (Å²) in [6, 6.07) is 0. The fourth-order valence-electron chi connectivity index (χ4n) is 1.05. The summed E-state index contributed by atoms with van der Waals surface area (Å²) in [6.07, 6.45) is 8.59. The number of aliphatic hydroxyl groups excluding tert-OH is 1. The van der Waals surface area contributed by atoms with Gasteiger partial charge in [0.1, 0.15) is 0 Å². The van der Waals surface area contributed by atoms with Gasteiger partial charge < -0.3 is 16.2 Å². The SMILES string of the molecule is C=C/C(=C\C=C/CO)NC(=O)CCCCN. The standard InChI is InChI=1S/C12H20N2O2/c1-2-11(7-4-6-10-15)14-12(16)8-3-5-9-13/h2,4,6-7,15H,1,3,5,8-10,13H2,(H,14,16)/b6-4-,11-7+. The van der Waals surface area contributed by atoms with Gasteiger partial charge in [0.2, 0.25) is 5.91 Å². The van der Waals surface area contributed by atoms with Gasteiger partial charge in [-0.05, 0) is 31.5 Å². The van der Waals surface area contributed by atoms with E-state index in [1.807, 2.05) is 0 Å². The maximum absolute atomic E-state index is 11.4. The Hall–Kier alpha value is -1.39. The molecule has 4 nitrogen and oxygen atoms in total. The lowest BCUT2D eigenvalue weighted by Gasteiger charge is -2.04. The predicted molar refractivity (Wildman–Crippen MR) is 65.6 cm³/mol. The van der Waals surface area contributed by atoms with Crippen LogP contribution in [0.5, 0.6) is 0 Å². The zero-order valence-corrected chi connectivity index (χ0v) is 9.48. The van der Waals surface area contributed by atoms with Crippen molar-refractivity contribution >= 4 is 5.91 Å². The number of carbonyl (C=O) groups is 1. The van der Waals surface area contributed by atoms with Crippen molar-refractivity contribution in [3.8, 4) is 0 Å². The first-order valence-electron chi connectivity index (χ1n) is 5.34. The van der Waals surface area contributed by atoms with Gasteiger partial charge in [-0.15, -0.1) is 0 Å². The summed E-state index contributed by atoms with van der Waals surface area (Å²) in [5.41, 5.74) is 5.96. The maximum Gasteiger partial charge on any atom is 0.224 e. The van der Waals surface area contributed by atoms with Crippen molar-refractivity contribution in [2.24, 2.45) is 5.73 Å². The summed E-state index contributed by atoms with van der Waals surface area (Å²) >= 11 is 0. The fourth-order valence-corrected chi connectivity index (χ4v) is 1.05. The van der Waals surface area contributed by atoms with E-state index in [-0.39, 0.29) is 12.5 Å². The number of nitrogens with one attached hydrogen (secondary N) is 1. The van der Waals surface area contributed by atoms with Gasteiger partial charge in [0.15, 0.2) is 0 Å². The molecule has 0 aromatic heterocycles. The van der Waals surface area contributed by atoms with E-state index in [2.05, 4.69) is 11.9 Å². The quantitative estimate of drug-likeness (QED) is 0.422. The second-order valence-electron chi connectivity index (χ2n) is 3.23. The van der Waals surface area contributed by atoms with Gasteiger partial charge in [-0.25, -0.2) is 0 Å². The van der Waals surface area contributed by atoms with Gasteiger partial charge in [0, 0.05) is 12.1 Å². The number of rotatable bonds is 8.